The predicted molar refractivity (Wildman–Crippen MR) is 84.7 cm³/mol. The standard InChI is InChI=1S/C16H17ClN2O2/c1-19(10-11-5-3-4-6-15(11)21-2)16(20)13-8-7-12(18)9-14(13)17/h3-9H,10,18H2,1-2H3. The first kappa shape index (κ1) is 15.2. The van der Waals surface area contributed by atoms with Gasteiger partial charge < -0.3 is 15.4 Å². The molecule has 2 aromatic carbocycles. The van der Waals surface area contributed by atoms with Gasteiger partial charge in [0.15, 0.2) is 0 Å². The summed E-state index contributed by atoms with van der Waals surface area (Å²) in [6.45, 7) is 0.434. The average Bonchev–Trinajstić information content (AvgIpc) is 2.47. The zero-order valence-corrected chi connectivity index (χ0v) is 12.7. The Morgan fingerprint density at radius 3 is 2.67 bits per heavy atom. The molecule has 2 rings (SSSR count). The van der Waals surface area contributed by atoms with E-state index in [-0.39, 0.29) is 5.91 Å². The van der Waals surface area contributed by atoms with Crippen LogP contribution in [0.5, 0.6) is 5.75 Å². The van der Waals surface area contributed by atoms with E-state index in [2.05, 4.69) is 0 Å². The molecule has 4 nitrogen and oxygen atoms in total. The van der Waals surface area contributed by atoms with Gasteiger partial charge in [0.25, 0.3) is 5.91 Å². The zero-order valence-electron chi connectivity index (χ0n) is 12.0. The molecule has 0 aliphatic heterocycles. The Balaban J connectivity index is 2.19. The van der Waals surface area contributed by atoms with E-state index in [1.807, 2.05) is 24.3 Å². The summed E-state index contributed by atoms with van der Waals surface area (Å²) in [4.78, 5) is 14.0. The molecule has 0 atom stereocenters. The first-order valence-corrected chi connectivity index (χ1v) is 6.83. The number of nitrogens with two attached hydrogens (primary N) is 1. The second-order valence-corrected chi connectivity index (χ2v) is 5.12. The van der Waals surface area contributed by atoms with Gasteiger partial charge in [-0.25, -0.2) is 0 Å². The Morgan fingerprint density at radius 1 is 1.29 bits per heavy atom. The maximum Gasteiger partial charge on any atom is 0.255 e. The van der Waals surface area contributed by atoms with Crippen molar-refractivity contribution in [2.45, 2.75) is 6.54 Å². The molecule has 0 saturated carbocycles. The molecule has 2 aromatic rings. The van der Waals surface area contributed by atoms with E-state index in [1.165, 1.54) is 0 Å². The molecule has 0 spiro atoms. The van der Waals surface area contributed by atoms with Crippen LogP contribution in [-0.4, -0.2) is 25.0 Å². The SMILES string of the molecule is COc1ccccc1CN(C)C(=O)c1ccc(N)cc1Cl. The van der Waals surface area contributed by atoms with Gasteiger partial charge in [0, 0.05) is 24.8 Å². The van der Waals surface area contributed by atoms with E-state index in [0.29, 0.717) is 22.8 Å². The molecular weight excluding hydrogens is 288 g/mol. The van der Waals surface area contributed by atoms with Crippen LogP contribution in [0.4, 0.5) is 5.69 Å². The third-order valence-corrected chi connectivity index (χ3v) is 3.48. The molecule has 0 bridgehead atoms. The predicted octanol–water partition coefficient (Wildman–Crippen LogP) is 3.20. The molecule has 0 unspecified atom stereocenters. The number of carbonyl (C=O) groups is 1. The summed E-state index contributed by atoms with van der Waals surface area (Å²) in [7, 11) is 3.33. The monoisotopic (exact) mass is 304 g/mol. The van der Waals surface area contributed by atoms with Crippen molar-refractivity contribution in [2.75, 3.05) is 19.9 Å². The molecule has 1 amide bonds. The van der Waals surface area contributed by atoms with Crippen LogP contribution in [0, 0.1) is 0 Å². The maximum atomic E-state index is 12.4. The van der Waals surface area contributed by atoms with E-state index in [0.717, 1.165) is 11.3 Å². The van der Waals surface area contributed by atoms with Crippen LogP contribution in [0.3, 0.4) is 0 Å². The van der Waals surface area contributed by atoms with Crippen LogP contribution in [0.1, 0.15) is 15.9 Å². The number of halogens is 1. The Morgan fingerprint density at radius 2 is 2.00 bits per heavy atom. The van der Waals surface area contributed by atoms with Gasteiger partial charge in [0.05, 0.1) is 17.7 Å². The van der Waals surface area contributed by atoms with Gasteiger partial charge in [-0.2, -0.15) is 0 Å². The van der Waals surface area contributed by atoms with Crippen LogP contribution in [0.15, 0.2) is 42.5 Å². The first-order chi connectivity index (χ1) is 10.0. The van der Waals surface area contributed by atoms with E-state index >= 15 is 0 Å². The van der Waals surface area contributed by atoms with Gasteiger partial charge in [-0.1, -0.05) is 29.8 Å². The van der Waals surface area contributed by atoms with Crippen LogP contribution in [0.2, 0.25) is 5.02 Å². The molecule has 21 heavy (non-hydrogen) atoms. The number of benzene rings is 2. The summed E-state index contributed by atoms with van der Waals surface area (Å²) in [6, 6.07) is 12.5. The number of nitrogen functional groups attached to an aromatic ring is 1. The van der Waals surface area contributed by atoms with Gasteiger partial charge in [-0.05, 0) is 24.3 Å². The van der Waals surface area contributed by atoms with Crippen molar-refractivity contribution in [3.63, 3.8) is 0 Å². The third kappa shape index (κ3) is 3.47. The average molecular weight is 305 g/mol. The number of hydrogen-bond acceptors (Lipinski definition) is 3. The number of ether oxygens (including phenoxy) is 1. The highest BCUT2D eigenvalue weighted by molar-refractivity contribution is 6.34. The van der Waals surface area contributed by atoms with E-state index in [9.17, 15) is 4.79 Å². The molecule has 0 radical (unpaired) electrons. The smallest absolute Gasteiger partial charge is 0.255 e. The van der Waals surface area contributed by atoms with Gasteiger partial charge in [0.2, 0.25) is 0 Å². The van der Waals surface area contributed by atoms with Crippen molar-refractivity contribution < 1.29 is 9.53 Å². The fourth-order valence-electron chi connectivity index (χ4n) is 2.07. The second kappa shape index (κ2) is 6.50. The summed E-state index contributed by atoms with van der Waals surface area (Å²) in [5.41, 5.74) is 7.54. The van der Waals surface area contributed by atoms with Crippen LogP contribution < -0.4 is 10.5 Å². The highest BCUT2D eigenvalue weighted by Crippen LogP contribution is 2.23. The summed E-state index contributed by atoms with van der Waals surface area (Å²) in [5, 5.41) is 0.354. The molecule has 0 heterocycles. The number of carbonyl (C=O) groups excluding carboxylic acids is 1. The maximum absolute atomic E-state index is 12.4. The van der Waals surface area contributed by atoms with E-state index < -0.39 is 0 Å². The lowest BCUT2D eigenvalue weighted by atomic mass is 10.1. The lowest BCUT2D eigenvalue weighted by molar-refractivity contribution is 0.0784. The minimum atomic E-state index is -0.161. The van der Waals surface area contributed by atoms with E-state index in [4.69, 9.17) is 22.1 Å². The number of anilines is 1. The van der Waals surface area contributed by atoms with Crippen LogP contribution >= 0.6 is 11.6 Å². The Labute approximate surface area is 129 Å². The highest BCUT2D eigenvalue weighted by Gasteiger charge is 2.16. The van der Waals surface area contributed by atoms with Crippen molar-refractivity contribution >= 4 is 23.2 Å². The van der Waals surface area contributed by atoms with Gasteiger partial charge in [0.1, 0.15) is 5.75 Å². The lowest BCUT2D eigenvalue weighted by Gasteiger charge is -2.19. The molecule has 2 N–H and O–H groups in total. The molecule has 0 saturated heterocycles. The number of methoxy groups -OCH3 is 1. The molecule has 0 aromatic heterocycles. The summed E-state index contributed by atoms with van der Waals surface area (Å²) in [6.07, 6.45) is 0. The molecule has 5 heteroatoms. The highest BCUT2D eigenvalue weighted by atomic mass is 35.5. The van der Waals surface area contributed by atoms with E-state index in [1.54, 1.807) is 37.3 Å². The zero-order chi connectivity index (χ0) is 15.4. The Hall–Kier alpha value is -2.20. The van der Waals surface area contributed by atoms with Crippen molar-refractivity contribution in [2.24, 2.45) is 0 Å². The van der Waals surface area contributed by atoms with Gasteiger partial charge >= 0.3 is 0 Å². The molecule has 0 aliphatic carbocycles. The van der Waals surface area contributed by atoms with Crippen molar-refractivity contribution in [1.29, 1.82) is 0 Å². The third-order valence-electron chi connectivity index (χ3n) is 3.17. The number of para-hydroxylation sites is 1. The fourth-order valence-corrected chi connectivity index (χ4v) is 2.34. The number of amides is 1. The van der Waals surface area contributed by atoms with Crippen molar-refractivity contribution in [1.82, 2.24) is 4.90 Å². The lowest BCUT2D eigenvalue weighted by Crippen LogP contribution is -2.26. The summed E-state index contributed by atoms with van der Waals surface area (Å²) in [5.74, 6) is 0.589. The summed E-state index contributed by atoms with van der Waals surface area (Å²) < 4.78 is 5.29. The number of rotatable bonds is 4. The Kier molecular flexibility index (Phi) is 4.70. The number of hydrogen-bond donors (Lipinski definition) is 1. The van der Waals surface area contributed by atoms with Crippen LogP contribution in [-0.2, 0) is 6.54 Å². The summed E-state index contributed by atoms with van der Waals surface area (Å²) >= 11 is 6.08. The molecule has 0 aliphatic rings. The van der Waals surface area contributed by atoms with Crippen LogP contribution in [0.25, 0.3) is 0 Å². The minimum absolute atomic E-state index is 0.161. The second-order valence-electron chi connectivity index (χ2n) is 4.71. The largest absolute Gasteiger partial charge is 0.496 e. The first-order valence-electron chi connectivity index (χ1n) is 6.45. The minimum Gasteiger partial charge on any atom is -0.496 e. The van der Waals surface area contributed by atoms with Gasteiger partial charge in [-0.3, -0.25) is 4.79 Å². The fraction of sp³-hybridized carbons (Fsp3) is 0.188. The van der Waals surface area contributed by atoms with Crippen molar-refractivity contribution in [3.8, 4) is 5.75 Å². The molecular formula is C16H17ClN2O2. The van der Waals surface area contributed by atoms with Crippen molar-refractivity contribution in [3.05, 3.63) is 58.6 Å². The van der Waals surface area contributed by atoms with Gasteiger partial charge in [-0.15, -0.1) is 0 Å². The topological polar surface area (TPSA) is 55.6 Å². The normalized spacial score (nSPS) is 10.2. The molecule has 110 valence electrons. The Bertz CT molecular complexity index is 658. The number of nitrogens with zero attached hydrogens (tertiary/aromatic N) is 1. The molecule has 0 fully saturated rings. The quantitative estimate of drug-likeness (QED) is 0.883.